The van der Waals surface area contributed by atoms with Crippen LogP contribution in [-0.2, 0) is 19.9 Å². The van der Waals surface area contributed by atoms with E-state index in [-0.39, 0.29) is 18.0 Å². The summed E-state index contributed by atoms with van der Waals surface area (Å²) in [7, 11) is 0. The Balaban J connectivity index is 1.33. The predicted octanol–water partition coefficient (Wildman–Crippen LogP) is 2.09. The molecule has 0 spiro atoms. The Morgan fingerprint density at radius 3 is 2.57 bits per heavy atom. The topological polar surface area (TPSA) is 129 Å². The summed E-state index contributed by atoms with van der Waals surface area (Å²) in [5, 5.41) is 4.85. The molecule has 3 heterocycles. The molecule has 35 heavy (non-hydrogen) atoms. The number of rotatable bonds is 8. The molecule has 2 N–H and O–H groups in total. The molecule has 4 rings (SSSR count). The third-order valence-corrected chi connectivity index (χ3v) is 6.70. The molecule has 0 radical (unpaired) electrons. The number of hydrogen-bond acceptors (Lipinski definition) is 7. The minimum Gasteiger partial charge on any atom is -0.353 e. The first-order valence-electron chi connectivity index (χ1n) is 11.0. The molecule has 1 aromatic heterocycles. The van der Waals surface area contributed by atoms with Gasteiger partial charge in [0.25, 0.3) is 17.1 Å². The van der Waals surface area contributed by atoms with Crippen LogP contribution < -0.4 is 10.6 Å². The van der Waals surface area contributed by atoms with Crippen LogP contribution in [0.3, 0.4) is 0 Å². The van der Waals surface area contributed by atoms with E-state index in [0.29, 0.717) is 17.5 Å². The second-order valence-electron chi connectivity index (χ2n) is 7.92. The summed E-state index contributed by atoms with van der Waals surface area (Å²) in [5.41, 5.74) is 0.113. The monoisotopic (exact) mass is 493 g/mol. The van der Waals surface area contributed by atoms with Gasteiger partial charge in [0.15, 0.2) is 0 Å². The minimum absolute atomic E-state index is 0.0156. The Bertz CT molecular complexity index is 1200. The highest BCUT2D eigenvalue weighted by Crippen LogP contribution is 2.33. The molecular weight excluding hydrogens is 470 g/mol. The van der Waals surface area contributed by atoms with Crippen molar-refractivity contribution in [2.75, 3.05) is 19.6 Å². The Kier molecular flexibility index (Phi) is 6.97. The number of carbonyl (C=O) groups excluding carboxylic acids is 5. The smallest absolute Gasteiger partial charge is 0.325 e. The number of pyridine rings is 1. The number of urea groups is 1. The zero-order chi connectivity index (χ0) is 25.0. The highest BCUT2D eigenvalue weighted by atomic mass is 32.2. The van der Waals surface area contributed by atoms with Gasteiger partial charge in [-0.3, -0.25) is 34.0 Å². The molecular formula is C24H23N5O5S. The lowest BCUT2D eigenvalue weighted by Gasteiger charge is -2.25. The van der Waals surface area contributed by atoms with E-state index in [1.807, 2.05) is 6.07 Å². The fourth-order valence-electron chi connectivity index (χ4n) is 3.94. The summed E-state index contributed by atoms with van der Waals surface area (Å²) in [6, 6.07) is 11.7. The van der Waals surface area contributed by atoms with Gasteiger partial charge < -0.3 is 10.6 Å². The van der Waals surface area contributed by atoms with Crippen molar-refractivity contribution in [1.29, 1.82) is 0 Å². The molecule has 2 aliphatic heterocycles. The van der Waals surface area contributed by atoms with Crippen LogP contribution in [0, 0.1) is 0 Å². The van der Waals surface area contributed by atoms with Crippen LogP contribution in [0.25, 0.3) is 6.08 Å². The van der Waals surface area contributed by atoms with Crippen molar-refractivity contribution in [2.24, 2.45) is 0 Å². The maximum atomic E-state index is 13.1. The normalized spacial score (nSPS) is 21.1. The Morgan fingerprint density at radius 1 is 1.11 bits per heavy atom. The van der Waals surface area contributed by atoms with Crippen molar-refractivity contribution < 1.29 is 24.0 Å². The standard InChI is InChI=1S/C24H23N5O5S/c1-2-24(17-8-4-3-5-9-17)21(32)29(22(33)27-24)15-19(30)26-11-12-28-20(31)18(35-23(28)34)13-16-7-6-10-25-14-16/h3-10,13-14H,2,11-12,15H2,1H3,(H,26,30)(H,27,33)/b18-13+/t24-/m1/s1. The first-order chi connectivity index (χ1) is 16.9. The molecule has 2 saturated heterocycles. The fourth-order valence-corrected chi connectivity index (χ4v) is 4.81. The van der Waals surface area contributed by atoms with Crippen molar-refractivity contribution in [2.45, 2.75) is 18.9 Å². The third-order valence-electron chi connectivity index (χ3n) is 5.79. The van der Waals surface area contributed by atoms with Crippen LogP contribution in [0.5, 0.6) is 0 Å². The molecule has 0 aliphatic carbocycles. The Morgan fingerprint density at radius 2 is 1.89 bits per heavy atom. The lowest BCUT2D eigenvalue weighted by atomic mass is 9.87. The molecule has 0 unspecified atom stereocenters. The van der Waals surface area contributed by atoms with Crippen LogP contribution >= 0.6 is 11.8 Å². The van der Waals surface area contributed by atoms with E-state index < -0.39 is 41.1 Å². The van der Waals surface area contributed by atoms with Gasteiger partial charge in [0.2, 0.25) is 5.91 Å². The van der Waals surface area contributed by atoms with Gasteiger partial charge in [0.05, 0.1) is 4.91 Å². The largest absolute Gasteiger partial charge is 0.353 e. The Hall–Kier alpha value is -3.99. The lowest BCUT2D eigenvalue weighted by Crippen LogP contribution is -2.45. The maximum Gasteiger partial charge on any atom is 0.325 e. The van der Waals surface area contributed by atoms with E-state index in [9.17, 15) is 24.0 Å². The van der Waals surface area contributed by atoms with Crippen LogP contribution in [0.4, 0.5) is 9.59 Å². The van der Waals surface area contributed by atoms with Crippen LogP contribution in [0.2, 0.25) is 0 Å². The average molecular weight is 494 g/mol. The van der Waals surface area contributed by atoms with E-state index in [0.717, 1.165) is 21.6 Å². The van der Waals surface area contributed by atoms with Gasteiger partial charge in [0, 0.05) is 25.5 Å². The molecule has 1 aromatic carbocycles. The minimum atomic E-state index is -1.22. The summed E-state index contributed by atoms with van der Waals surface area (Å²) >= 11 is 0.815. The molecule has 180 valence electrons. The molecule has 2 fully saturated rings. The SMILES string of the molecule is CC[C@]1(c2ccccc2)NC(=O)N(CC(=O)NCCN2C(=O)S/C(=C/c3cccnc3)C2=O)C1=O. The van der Waals surface area contributed by atoms with Gasteiger partial charge in [-0.05, 0) is 41.5 Å². The third kappa shape index (κ3) is 4.80. The molecule has 0 bridgehead atoms. The number of nitrogens with zero attached hydrogens (tertiary/aromatic N) is 3. The van der Waals surface area contributed by atoms with Gasteiger partial charge in [-0.1, -0.05) is 43.3 Å². The van der Waals surface area contributed by atoms with Gasteiger partial charge in [0.1, 0.15) is 12.1 Å². The quantitative estimate of drug-likeness (QED) is 0.426. The molecule has 2 aromatic rings. The average Bonchev–Trinajstić information content (AvgIpc) is 3.27. The molecule has 2 aliphatic rings. The summed E-state index contributed by atoms with van der Waals surface area (Å²) in [6.07, 6.45) is 5.09. The molecule has 10 nitrogen and oxygen atoms in total. The highest BCUT2D eigenvalue weighted by Gasteiger charge is 2.51. The second kappa shape index (κ2) is 10.1. The Labute approximate surface area is 205 Å². The maximum absolute atomic E-state index is 13.1. The summed E-state index contributed by atoms with van der Waals surface area (Å²) in [4.78, 5) is 69.1. The van der Waals surface area contributed by atoms with Gasteiger partial charge >= 0.3 is 6.03 Å². The summed E-state index contributed by atoms with van der Waals surface area (Å²) in [5.74, 6) is -1.54. The van der Waals surface area contributed by atoms with Crippen molar-refractivity contribution >= 4 is 46.8 Å². The van der Waals surface area contributed by atoms with E-state index in [1.165, 1.54) is 0 Å². The molecule has 11 heteroatoms. The zero-order valence-electron chi connectivity index (χ0n) is 18.9. The van der Waals surface area contributed by atoms with E-state index in [1.54, 1.807) is 61.8 Å². The number of nitrogens with one attached hydrogen (secondary N) is 2. The number of aromatic nitrogens is 1. The van der Waals surface area contributed by atoms with Crippen LogP contribution in [0.1, 0.15) is 24.5 Å². The second-order valence-corrected chi connectivity index (χ2v) is 8.91. The van der Waals surface area contributed by atoms with Crippen molar-refractivity contribution in [3.05, 3.63) is 70.9 Å². The van der Waals surface area contributed by atoms with Crippen molar-refractivity contribution in [3.63, 3.8) is 0 Å². The number of imide groups is 2. The van der Waals surface area contributed by atoms with Gasteiger partial charge in [-0.15, -0.1) is 0 Å². The zero-order valence-corrected chi connectivity index (χ0v) is 19.7. The number of hydrogen-bond donors (Lipinski definition) is 2. The summed E-state index contributed by atoms with van der Waals surface area (Å²) < 4.78 is 0. The van der Waals surface area contributed by atoms with Crippen LogP contribution in [-0.4, -0.2) is 63.4 Å². The fraction of sp³-hybridized carbons (Fsp3) is 0.250. The predicted molar refractivity (Wildman–Crippen MR) is 129 cm³/mol. The van der Waals surface area contributed by atoms with Crippen molar-refractivity contribution in [3.8, 4) is 0 Å². The van der Waals surface area contributed by atoms with E-state index >= 15 is 0 Å². The summed E-state index contributed by atoms with van der Waals surface area (Å²) in [6.45, 7) is 1.26. The molecule has 6 amide bonds. The number of carbonyl (C=O) groups is 5. The van der Waals surface area contributed by atoms with Gasteiger partial charge in [-0.25, -0.2) is 4.79 Å². The first kappa shape index (κ1) is 24.1. The van der Waals surface area contributed by atoms with E-state index in [2.05, 4.69) is 15.6 Å². The molecule has 1 atom stereocenters. The lowest BCUT2D eigenvalue weighted by molar-refractivity contribution is -0.135. The van der Waals surface area contributed by atoms with Crippen molar-refractivity contribution in [1.82, 2.24) is 25.4 Å². The van der Waals surface area contributed by atoms with Crippen LogP contribution in [0.15, 0.2) is 59.8 Å². The van der Waals surface area contributed by atoms with Gasteiger partial charge in [-0.2, -0.15) is 0 Å². The first-order valence-corrected chi connectivity index (χ1v) is 11.8. The molecule has 0 saturated carbocycles. The number of amides is 6. The van der Waals surface area contributed by atoms with E-state index in [4.69, 9.17) is 0 Å². The number of thioether (sulfide) groups is 1. The highest BCUT2D eigenvalue weighted by molar-refractivity contribution is 8.18. The number of benzene rings is 1.